The van der Waals surface area contributed by atoms with Crippen molar-refractivity contribution in [3.05, 3.63) is 47.3 Å². The summed E-state index contributed by atoms with van der Waals surface area (Å²) >= 11 is 0. The number of carbonyl (C=O) groups excluding carboxylic acids is 4. The number of benzene rings is 1. The zero-order chi connectivity index (χ0) is 22.6. The molecule has 1 aromatic heterocycles. The lowest BCUT2D eigenvalue weighted by Crippen LogP contribution is -2.51. The van der Waals surface area contributed by atoms with E-state index in [4.69, 9.17) is 0 Å². The molecular formula is C22H27N5O4. The van der Waals surface area contributed by atoms with Gasteiger partial charge in [0, 0.05) is 24.3 Å². The number of aryl methyl sites for hydroxylation is 2. The van der Waals surface area contributed by atoms with Gasteiger partial charge in [-0.3, -0.25) is 29.2 Å². The van der Waals surface area contributed by atoms with E-state index < -0.39 is 17.2 Å². The van der Waals surface area contributed by atoms with Crippen molar-refractivity contribution in [2.75, 3.05) is 11.9 Å². The van der Waals surface area contributed by atoms with E-state index in [1.165, 1.54) is 0 Å². The van der Waals surface area contributed by atoms with Crippen molar-refractivity contribution in [1.82, 2.24) is 20.4 Å². The van der Waals surface area contributed by atoms with Gasteiger partial charge < -0.3 is 10.6 Å². The summed E-state index contributed by atoms with van der Waals surface area (Å²) in [6.45, 7) is 6.47. The number of carbonyl (C=O) groups is 4. The summed E-state index contributed by atoms with van der Waals surface area (Å²) in [4.78, 5) is 48.2. The Morgan fingerprint density at radius 3 is 2.45 bits per heavy atom. The Bertz CT molecular complexity index is 1010. The van der Waals surface area contributed by atoms with E-state index in [9.17, 15) is 19.2 Å². The molecule has 9 nitrogen and oxygen atoms in total. The number of hydrogen-bond acceptors (Lipinski definition) is 5. The fraction of sp³-hybridized carbons (Fsp3) is 0.409. The predicted octanol–water partition coefficient (Wildman–Crippen LogP) is 1.34. The molecule has 1 aliphatic heterocycles. The zero-order valence-corrected chi connectivity index (χ0v) is 17.9. The Labute approximate surface area is 180 Å². The van der Waals surface area contributed by atoms with Gasteiger partial charge in [-0.25, -0.2) is 0 Å². The number of aromatic nitrogens is 2. The molecule has 0 saturated carbocycles. The summed E-state index contributed by atoms with van der Waals surface area (Å²) in [6.07, 6.45) is 1.28. The summed E-state index contributed by atoms with van der Waals surface area (Å²) in [7, 11) is 0. The molecule has 1 fully saturated rings. The van der Waals surface area contributed by atoms with Crippen LogP contribution < -0.4 is 16.0 Å². The third kappa shape index (κ3) is 4.82. The monoisotopic (exact) mass is 425 g/mol. The largest absolute Gasteiger partial charge is 0.346 e. The van der Waals surface area contributed by atoms with E-state index in [0.29, 0.717) is 25.1 Å². The highest BCUT2D eigenvalue weighted by molar-refractivity contribution is 6.39. The van der Waals surface area contributed by atoms with Crippen LogP contribution >= 0.6 is 0 Å². The molecule has 2 aromatic rings. The Morgan fingerprint density at radius 2 is 1.87 bits per heavy atom. The highest BCUT2D eigenvalue weighted by Gasteiger charge is 2.42. The Hall–Kier alpha value is -3.49. The quantitative estimate of drug-likeness (QED) is 0.476. The first-order chi connectivity index (χ1) is 14.7. The molecule has 1 aromatic carbocycles. The normalized spacial score (nSPS) is 18.4. The van der Waals surface area contributed by atoms with Crippen LogP contribution in [0.2, 0.25) is 0 Å². The van der Waals surface area contributed by atoms with Crippen molar-refractivity contribution < 1.29 is 19.2 Å². The first kappa shape index (κ1) is 22.2. The minimum atomic E-state index is -0.771. The van der Waals surface area contributed by atoms with E-state index in [1.54, 1.807) is 28.9 Å². The zero-order valence-electron chi connectivity index (χ0n) is 17.9. The number of hydrogen-bond donors (Lipinski definition) is 3. The Balaban J connectivity index is 1.56. The summed E-state index contributed by atoms with van der Waals surface area (Å²) in [5.74, 6) is -2.07. The van der Waals surface area contributed by atoms with Gasteiger partial charge in [0.15, 0.2) is 0 Å². The summed E-state index contributed by atoms with van der Waals surface area (Å²) in [6, 6.07) is 8.73. The van der Waals surface area contributed by atoms with Crippen LogP contribution in [-0.2, 0) is 31.1 Å². The maximum absolute atomic E-state index is 12.5. The van der Waals surface area contributed by atoms with E-state index in [-0.39, 0.29) is 24.8 Å². The predicted molar refractivity (Wildman–Crippen MR) is 114 cm³/mol. The van der Waals surface area contributed by atoms with Gasteiger partial charge in [0.1, 0.15) is 0 Å². The molecule has 1 aliphatic rings. The minimum Gasteiger partial charge on any atom is -0.346 e. The number of imide groups is 1. The smallest absolute Gasteiger partial charge is 0.313 e. The van der Waals surface area contributed by atoms with Gasteiger partial charge in [-0.05, 0) is 50.5 Å². The number of rotatable bonds is 6. The van der Waals surface area contributed by atoms with Crippen molar-refractivity contribution in [3.63, 3.8) is 0 Å². The van der Waals surface area contributed by atoms with Crippen LogP contribution in [0, 0.1) is 13.8 Å². The highest BCUT2D eigenvalue weighted by Crippen LogP contribution is 2.36. The van der Waals surface area contributed by atoms with Crippen LogP contribution in [0.15, 0.2) is 30.3 Å². The van der Waals surface area contributed by atoms with Gasteiger partial charge in [-0.1, -0.05) is 19.1 Å². The first-order valence-corrected chi connectivity index (χ1v) is 10.3. The SMILES string of the molecule is CC[C@]1(c2ccc(NC(=O)C(=O)NCCn3nc(C)cc3C)cc2)CCC(=O)NC1=O. The maximum Gasteiger partial charge on any atom is 0.313 e. The fourth-order valence-corrected chi connectivity index (χ4v) is 3.88. The average molecular weight is 425 g/mol. The molecule has 1 saturated heterocycles. The molecule has 9 heteroatoms. The third-order valence-electron chi connectivity index (χ3n) is 5.68. The Morgan fingerprint density at radius 1 is 1.16 bits per heavy atom. The molecule has 2 heterocycles. The van der Waals surface area contributed by atoms with Crippen LogP contribution in [0.3, 0.4) is 0 Å². The van der Waals surface area contributed by atoms with Crippen molar-refractivity contribution in [3.8, 4) is 0 Å². The average Bonchev–Trinajstić information content (AvgIpc) is 3.06. The van der Waals surface area contributed by atoms with Gasteiger partial charge >= 0.3 is 11.8 Å². The summed E-state index contributed by atoms with van der Waals surface area (Å²) < 4.78 is 1.77. The molecular weight excluding hydrogens is 398 g/mol. The van der Waals surface area contributed by atoms with Crippen LogP contribution in [0.4, 0.5) is 5.69 Å². The molecule has 0 unspecified atom stereocenters. The van der Waals surface area contributed by atoms with Gasteiger partial charge in [0.05, 0.1) is 17.7 Å². The molecule has 164 valence electrons. The fourth-order valence-electron chi connectivity index (χ4n) is 3.88. The van der Waals surface area contributed by atoms with Crippen molar-refractivity contribution in [2.45, 2.75) is 52.0 Å². The van der Waals surface area contributed by atoms with Gasteiger partial charge in [-0.15, -0.1) is 0 Å². The van der Waals surface area contributed by atoms with Gasteiger partial charge in [0.2, 0.25) is 11.8 Å². The standard InChI is InChI=1S/C22H27N5O4/c1-4-22(10-9-18(28)25-21(22)31)16-5-7-17(8-6-16)24-20(30)19(29)23-11-12-27-15(3)13-14(2)26-27/h5-8,13H,4,9-12H2,1-3H3,(H,23,29)(H,24,30)(H,25,28,31)/t22-/m1/s1. The van der Waals surface area contributed by atoms with Gasteiger partial charge in [0.25, 0.3) is 0 Å². The lowest BCUT2D eigenvalue weighted by Gasteiger charge is -2.35. The lowest BCUT2D eigenvalue weighted by atomic mass is 9.72. The number of anilines is 1. The van der Waals surface area contributed by atoms with Crippen molar-refractivity contribution in [1.29, 1.82) is 0 Å². The number of nitrogens with one attached hydrogen (secondary N) is 3. The molecule has 3 N–H and O–H groups in total. The lowest BCUT2D eigenvalue weighted by molar-refractivity contribution is -0.138. The molecule has 0 spiro atoms. The third-order valence-corrected chi connectivity index (χ3v) is 5.68. The van der Waals surface area contributed by atoms with Crippen molar-refractivity contribution >= 4 is 29.3 Å². The van der Waals surface area contributed by atoms with E-state index in [1.807, 2.05) is 26.8 Å². The maximum atomic E-state index is 12.5. The van der Waals surface area contributed by atoms with E-state index in [0.717, 1.165) is 17.0 Å². The summed E-state index contributed by atoms with van der Waals surface area (Å²) in [5, 5.41) is 11.9. The highest BCUT2D eigenvalue weighted by atomic mass is 16.2. The van der Waals surface area contributed by atoms with E-state index in [2.05, 4.69) is 21.0 Å². The first-order valence-electron chi connectivity index (χ1n) is 10.3. The second-order valence-electron chi connectivity index (χ2n) is 7.75. The molecule has 0 bridgehead atoms. The Kier molecular flexibility index (Phi) is 6.53. The second-order valence-corrected chi connectivity index (χ2v) is 7.75. The van der Waals surface area contributed by atoms with E-state index >= 15 is 0 Å². The topological polar surface area (TPSA) is 122 Å². The minimum absolute atomic E-state index is 0.262. The number of amides is 4. The molecule has 0 aliphatic carbocycles. The number of piperidine rings is 1. The number of nitrogens with zero attached hydrogens (tertiary/aromatic N) is 2. The molecule has 3 rings (SSSR count). The van der Waals surface area contributed by atoms with Crippen molar-refractivity contribution in [2.24, 2.45) is 0 Å². The second kappa shape index (κ2) is 9.11. The van der Waals surface area contributed by atoms with Gasteiger partial charge in [-0.2, -0.15) is 5.10 Å². The summed E-state index contributed by atoms with van der Waals surface area (Å²) in [5.41, 5.74) is 2.33. The van der Waals surface area contributed by atoms with Crippen LogP contribution in [0.5, 0.6) is 0 Å². The molecule has 4 amide bonds. The van der Waals surface area contributed by atoms with Crippen LogP contribution in [0.25, 0.3) is 0 Å². The van der Waals surface area contributed by atoms with Crippen LogP contribution in [0.1, 0.15) is 43.1 Å². The van der Waals surface area contributed by atoms with Crippen LogP contribution in [-0.4, -0.2) is 40.0 Å². The molecule has 0 radical (unpaired) electrons. The molecule has 31 heavy (non-hydrogen) atoms. The molecule has 1 atom stereocenters.